The highest BCUT2D eigenvalue weighted by atomic mass is 32.1. The van der Waals surface area contributed by atoms with Gasteiger partial charge in [-0.2, -0.15) is 0 Å². The number of nitro benzene ring substituents is 1. The molecule has 1 aliphatic rings. The summed E-state index contributed by atoms with van der Waals surface area (Å²) in [7, 11) is -3.56. The van der Waals surface area contributed by atoms with Crippen LogP contribution in [0.4, 0.5) is 5.69 Å². The highest BCUT2D eigenvalue weighted by Crippen LogP contribution is 2.54. The van der Waals surface area contributed by atoms with Crippen LogP contribution in [-0.4, -0.2) is 22.1 Å². The van der Waals surface area contributed by atoms with Crippen LogP contribution in [0.15, 0.2) is 48.6 Å². The van der Waals surface area contributed by atoms with Crippen LogP contribution in [0.25, 0.3) is 0 Å². The Morgan fingerprint density at radius 2 is 2.00 bits per heavy atom. The van der Waals surface area contributed by atoms with Crippen LogP contribution in [0.1, 0.15) is 6.92 Å². The van der Waals surface area contributed by atoms with E-state index < -0.39 is 18.2 Å². The fraction of sp³-hybridized carbons (Fsp3) is 0.214. The molecule has 0 aliphatic heterocycles. The van der Waals surface area contributed by atoms with Crippen LogP contribution in [0.5, 0.6) is 5.75 Å². The molecule has 0 spiro atoms. The minimum Gasteiger partial charge on any atom is -0.424 e. The van der Waals surface area contributed by atoms with Crippen LogP contribution in [0.2, 0.25) is 0 Å². The maximum Gasteiger partial charge on any atom is 0.391 e. The summed E-state index contributed by atoms with van der Waals surface area (Å²) in [5.74, 6) is 0.230. The third-order valence-electron chi connectivity index (χ3n) is 2.89. The zero-order valence-corrected chi connectivity index (χ0v) is 13.5. The molecule has 22 heavy (non-hydrogen) atoms. The molecule has 0 heterocycles. The zero-order valence-electron chi connectivity index (χ0n) is 11.7. The Hall–Kier alpha value is -1.82. The molecule has 0 saturated carbocycles. The minimum atomic E-state index is -3.56. The van der Waals surface area contributed by atoms with Gasteiger partial charge in [0.25, 0.3) is 5.69 Å². The highest BCUT2D eigenvalue weighted by molar-refractivity contribution is 7.82. The summed E-state index contributed by atoms with van der Waals surface area (Å²) in [4.78, 5) is 10.6. The Morgan fingerprint density at radius 3 is 2.55 bits per heavy atom. The molecular weight excluding hydrogens is 325 g/mol. The van der Waals surface area contributed by atoms with Crippen molar-refractivity contribution in [2.24, 2.45) is 0 Å². The van der Waals surface area contributed by atoms with Gasteiger partial charge >= 0.3 is 7.60 Å². The first-order valence-corrected chi connectivity index (χ1v) is 8.55. The van der Waals surface area contributed by atoms with E-state index in [1.54, 1.807) is 31.2 Å². The molecule has 0 unspecified atom stereocenters. The molecule has 116 valence electrons. The molecular formula is C14H14NO5PS. The van der Waals surface area contributed by atoms with E-state index >= 15 is 0 Å². The van der Waals surface area contributed by atoms with Gasteiger partial charge in [-0.1, -0.05) is 30.4 Å². The van der Waals surface area contributed by atoms with E-state index in [0.717, 1.165) is 0 Å². The van der Waals surface area contributed by atoms with Crippen molar-refractivity contribution < 1.29 is 18.5 Å². The number of non-ortho nitro benzene ring substituents is 1. The third kappa shape index (κ3) is 3.68. The Bertz CT molecular complexity index is 683. The van der Waals surface area contributed by atoms with Crippen molar-refractivity contribution in [2.75, 3.05) is 6.61 Å². The van der Waals surface area contributed by atoms with E-state index in [1.165, 1.54) is 24.3 Å². The second-order valence-electron chi connectivity index (χ2n) is 4.39. The maximum atomic E-state index is 13.0. The average molecular weight is 339 g/mol. The second kappa shape index (κ2) is 6.96. The van der Waals surface area contributed by atoms with Crippen molar-refractivity contribution in [3.8, 4) is 5.75 Å². The predicted octanol–water partition coefficient (Wildman–Crippen LogP) is 4.07. The summed E-state index contributed by atoms with van der Waals surface area (Å²) in [6, 6.07) is 5.32. The monoisotopic (exact) mass is 339 g/mol. The van der Waals surface area contributed by atoms with Crippen LogP contribution in [-0.2, 0) is 9.09 Å². The SMILES string of the molecule is CCO[P@@](=O)(Oc1ccc([N+](=O)[O-])cc1)[C@H]1C=CC=CC1=S. The van der Waals surface area contributed by atoms with Gasteiger partial charge < -0.3 is 4.52 Å². The first-order chi connectivity index (χ1) is 10.5. The number of benzene rings is 1. The van der Waals surface area contributed by atoms with Gasteiger partial charge in [-0.15, -0.1) is 0 Å². The molecule has 8 heteroatoms. The molecule has 0 amide bonds. The summed E-state index contributed by atoms with van der Waals surface area (Å²) >= 11 is 5.20. The molecule has 2 atom stereocenters. The van der Waals surface area contributed by atoms with E-state index in [4.69, 9.17) is 21.3 Å². The fourth-order valence-corrected chi connectivity index (χ4v) is 4.25. The molecule has 0 bridgehead atoms. The van der Waals surface area contributed by atoms with Crippen LogP contribution >= 0.6 is 19.8 Å². The quantitative estimate of drug-likeness (QED) is 0.336. The number of nitro groups is 1. The lowest BCUT2D eigenvalue weighted by Gasteiger charge is -2.25. The molecule has 0 N–H and O–H groups in total. The number of nitrogens with zero attached hydrogens (tertiary/aromatic N) is 1. The maximum absolute atomic E-state index is 13.0. The molecule has 0 radical (unpaired) electrons. The van der Waals surface area contributed by atoms with Crippen molar-refractivity contribution in [3.63, 3.8) is 0 Å². The van der Waals surface area contributed by atoms with Gasteiger partial charge in [0.2, 0.25) is 0 Å². The number of rotatable bonds is 6. The number of allylic oxidation sites excluding steroid dienone is 4. The highest BCUT2D eigenvalue weighted by Gasteiger charge is 2.38. The number of hydrogen-bond donors (Lipinski definition) is 0. The van der Waals surface area contributed by atoms with Gasteiger partial charge in [0.15, 0.2) is 0 Å². The predicted molar refractivity (Wildman–Crippen MR) is 87.6 cm³/mol. The number of hydrogen-bond acceptors (Lipinski definition) is 6. The molecule has 0 aromatic heterocycles. The second-order valence-corrected chi connectivity index (χ2v) is 6.94. The lowest BCUT2D eigenvalue weighted by molar-refractivity contribution is -0.384. The molecule has 1 aromatic carbocycles. The Balaban J connectivity index is 2.26. The van der Waals surface area contributed by atoms with Crippen molar-refractivity contribution in [2.45, 2.75) is 12.6 Å². The Labute approximate surface area is 133 Å². The van der Waals surface area contributed by atoms with Crippen molar-refractivity contribution in [3.05, 3.63) is 58.7 Å². The van der Waals surface area contributed by atoms with E-state index in [9.17, 15) is 14.7 Å². The van der Waals surface area contributed by atoms with E-state index in [1.807, 2.05) is 0 Å². The summed E-state index contributed by atoms with van der Waals surface area (Å²) in [5.41, 5.74) is -0.725. The van der Waals surface area contributed by atoms with Gasteiger partial charge in [0.05, 0.1) is 11.5 Å². The van der Waals surface area contributed by atoms with E-state index in [-0.39, 0.29) is 18.0 Å². The third-order valence-corrected chi connectivity index (χ3v) is 5.67. The Morgan fingerprint density at radius 1 is 1.32 bits per heavy atom. The molecule has 6 nitrogen and oxygen atoms in total. The first kappa shape index (κ1) is 16.5. The lowest BCUT2D eigenvalue weighted by Crippen LogP contribution is -2.21. The standard InChI is InChI=1S/C14H14NO5PS/c1-2-19-21(18,13-5-3-4-6-14(13)22)20-12-9-7-11(8-10-12)15(16)17/h3-10,13H,2H2,1H3/t13-,21+/m0/s1. The first-order valence-electron chi connectivity index (χ1n) is 6.53. The summed E-state index contributed by atoms with van der Waals surface area (Å²) in [5, 5.41) is 10.6. The van der Waals surface area contributed by atoms with Crippen LogP contribution in [0.3, 0.4) is 0 Å². The van der Waals surface area contributed by atoms with Crippen molar-refractivity contribution in [1.82, 2.24) is 0 Å². The van der Waals surface area contributed by atoms with Crippen LogP contribution in [0, 0.1) is 10.1 Å². The molecule has 0 fully saturated rings. The average Bonchev–Trinajstić information content (AvgIpc) is 2.48. The van der Waals surface area contributed by atoms with Gasteiger partial charge in [0.1, 0.15) is 11.4 Å². The summed E-state index contributed by atoms with van der Waals surface area (Å²) < 4.78 is 23.9. The normalized spacial score (nSPS) is 19.7. The molecule has 2 rings (SSSR count). The van der Waals surface area contributed by atoms with Gasteiger partial charge in [-0.3, -0.25) is 14.6 Å². The van der Waals surface area contributed by atoms with Crippen LogP contribution < -0.4 is 4.52 Å². The Kier molecular flexibility index (Phi) is 5.24. The lowest BCUT2D eigenvalue weighted by atomic mass is 10.2. The van der Waals surface area contributed by atoms with E-state index in [0.29, 0.717) is 4.86 Å². The van der Waals surface area contributed by atoms with E-state index in [2.05, 4.69) is 0 Å². The topological polar surface area (TPSA) is 78.7 Å². The summed E-state index contributed by atoms with van der Waals surface area (Å²) in [6.07, 6.45) is 6.82. The molecule has 1 aliphatic carbocycles. The zero-order chi connectivity index (χ0) is 16.2. The molecule has 1 aromatic rings. The summed E-state index contributed by atoms with van der Waals surface area (Å²) in [6.45, 7) is 1.90. The molecule has 0 saturated heterocycles. The van der Waals surface area contributed by atoms with Crippen molar-refractivity contribution >= 4 is 30.4 Å². The minimum absolute atomic E-state index is 0.0744. The van der Waals surface area contributed by atoms with Crippen molar-refractivity contribution in [1.29, 1.82) is 0 Å². The number of thiocarbonyl (C=S) groups is 1. The van der Waals surface area contributed by atoms with Gasteiger partial charge in [-0.25, -0.2) is 4.57 Å². The largest absolute Gasteiger partial charge is 0.424 e. The fourth-order valence-electron chi connectivity index (χ4n) is 1.89. The smallest absolute Gasteiger partial charge is 0.391 e. The van der Waals surface area contributed by atoms with Gasteiger partial charge in [0, 0.05) is 17.0 Å². The van der Waals surface area contributed by atoms with Gasteiger partial charge in [-0.05, 0) is 25.1 Å².